The van der Waals surface area contributed by atoms with Gasteiger partial charge in [-0.3, -0.25) is 4.79 Å². The Morgan fingerprint density at radius 2 is 2.44 bits per heavy atom. The fourth-order valence-corrected chi connectivity index (χ4v) is 1.38. The van der Waals surface area contributed by atoms with Crippen molar-refractivity contribution in [2.24, 2.45) is 5.73 Å². The predicted molar refractivity (Wildman–Crippen MR) is 40.1 cm³/mol. The summed E-state index contributed by atoms with van der Waals surface area (Å²) in [5, 5.41) is 1.69. The third-order valence-electron chi connectivity index (χ3n) is 0.870. The van der Waals surface area contributed by atoms with Crippen molar-refractivity contribution in [3.05, 3.63) is 17.0 Å². The number of hydrogen-bond acceptors (Lipinski definition) is 3. The molecular weight excluding hydrogens is 154 g/mol. The van der Waals surface area contributed by atoms with Crippen LogP contribution in [-0.2, 0) is 0 Å². The summed E-state index contributed by atoms with van der Waals surface area (Å²) in [6.07, 6.45) is 0. The molecule has 0 aliphatic heterocycles. The quantitative estimate of drug-likeness (QED) is 0.593. The Morgan fingerprint density at radius 3 is 2.67 bits per heavy atom. The average Bonchev–Trinajstić information content (AvgIpc) is 2.14. The second-order valence-corrected chi connectivity index (χ2v) is 3.23. The molecule has 0 aromatic carbocycles. The maximum atomic E-state index is 10.4. The average molecular weight is 159 g/mol. The van der Waals surface area contributed by atoms with Gasteiger partial charge in [-0.1, -0.05) is 0 Å². The van der Waals surface area contributed by atoms with E-state index < -0.39 is 5.91 Å². The highest BCUT2D eigenvalue weighted by atomic mass is 32.2. The highest BCUT2D eigenvalue weighted by molar-refractivity contribution is 7.82. The Balaban J connectivity index is 2.98. The van der Waals surface area contributed by atoms with Crippen LogP contribution in [0.4, 0.5) is 0 Å². The van der Waals surface area contributed by atoms with Crippen LogP contribution in [0.1, 0.15) is 10.4 Å². The summed E-state index contributed by atoms with van der Waals surface area (Å²) >= 11 is 5.41. The van der Waals surface area contributed by atoms with E-state index in [1.165, 1.54) is 11.3 Å². The van der Waals surface area contributed by atoms with Gasteiger partial charge in [0.2, 0.25) is 5.91 Å². The molecule has 0 unspecified atom stereocenters. The van der Waals surface area contributed by atoms with Crippen LogP contribution in [0.2, 0.25) is 0 Å². The number of primary amides is 1. The Morgan fingerprint density at radius 1 is 1.78 bits per heavy atom. The predicted octanol–water partition coefficient (Wildman–Crippen LogP) is 1.14. The lowest BCUT2D eigenvalue weighted by molar-refractivity contribution is 0.100. The molecule has 9 heavy (non-hydrogen) atoms. The fourth-order valence-electron chi connectivity index (χ4n) is 0.454. The molecular formula is C5H5NOS2. The zero-order chi connectivity index (χ0) is 6.85. The van der Waals surface area contributed by atoms with Crippen molar-refractivity contribution in [2.75, 3.05) is 0 Å². The molecule has 4 heteroatoms. The highest BCUT2D eigenvalue weighted by Gasteiger charge is 2.00. The summed E-state index contributed by atoms with van der Waals surface area (Å²) < 4.78 is 0.809. The van der Waals surface area contributed by atoms with Crippen LogP contribution in [0, 0.1) is 0 Å². The van der Waals surface area contributed by atoms with Crippen LogP contribution in [0.25, 0.3) is 0 Å². The molecule has 1 aromatic rings. The molecule has 2 nitrogen and oxygen atoms in total. The van der Waals surface area contributed by atoms with E-state index in [1.54, 1.807) is 11.4 Å². The zero-order valence-electron chi connectivity index (χ0n) is 4.50. The van der Waals surface area contributed by atoms with Crippen molar-refractivity contribution in [1.29, 1.82) is 0 Å². The van der Waals surface area contributed by atoms with E-state index in [0.29, 0.717) is 5.56 Å². The van der Waals surface area contributed by atoms with Crippen LogP contribution in [0.15, 0.2) is 15.7 Å². The Bertz CT molecular complexity index is 231. The molecule has 0 bridgehead atoms. The molecule has 0 saturated heterocycles. The van der Waals surface area contributed by atoms with E-state index in [0.717, 1.165) is 4.21 Å². The van der Waals surface area contributed by atoms with Gasteiger partial charge in [0.15, 0.2) is 0 Å². The van der Waals surface area contributed by atoms with Crippen LogP contribution in [-0.4, -0.2) is 5.91 Å². The van der Waals surface area contributed by atoms with Crippen molar-refractivity contribution in [2.45, 2.75) is 4.21 Å². The Hall–Kier alpha value is -0.480. The lowest BCUT2D eigenvalue weighted by Crippen LogP contribution is -2.08. The summed E-state index contributed by atoms with van der Waals surface area (Å²) in [4.78, 5) is 10.4. The SMILES string of the molecule is NC(=O)c1csc(S)c1. The summed E-state index contributed by atoms with van der Waals surface area (Å²) in [5.74, 6) is -0.397. The molecule has 1 rings (SSSR count). The van der Waals surface area contributed by atoms with Gasteiger partial charge in [-0.05, 0) is 6.07 Å². The van der Waals surface area contributed by atoms with E-state index in [9.17, 15) is 4.79 Å². The van der Waals surface area contributed by atoms with Gasteiger partial charge in [0.25, 0.3) is 0 Å². The van der Waals surface area contributed by atoms with Gasteiger partial charge in [0, 0.05) is 5.38 Å². The number of carbonyl (C=O) groups excluding carboxylic acids is 1. The van der Waals surface area contributed by atoms with Crippen molar-refractivity contribution in [1.82, 2.24) is 0 Å². The topological polar surface area (TPSA) is 43.1 Å². The molecule has 1 amide bonds. The minimum absolute atomic E-state index is 0.397. The molecule has 0 fully saturated rings. The van der Waals surface area contributed by atoms with E-state index in [-0.39, 0.29) is 0 Å². The molecule has 0 atom stereocenters. The number of thiophene rings is 1. The van der Waals surface area contributed by atoms with Gasteiger partial charge in [0.05, 0.1) is 9.77 Å². The summed E-state index contributed by atoms with van der Waals surface area (Å²) in [6, 6.07) is 1.65. The van der Waals surface area contributed by atoms with Crippen molar-refractivity contribution in [3.63, 3.8) is 0 Å². The fraction of sp³-hybridized carbons (Fsp3) is 0. The molecule has 1 aromatic heterocycles. The monoisotopic (exact) mass is 159 g/mol. The summed E-state index contributed by atoms with van der Waals surface area (Å²) in [7, 11) is 0. The van der Waals surface area contributed by atoms with E-state index >= 15 is 0 Å². The second kappa shape index (κ2) is 2.41. The molecule has 0 radical (unpaired) electrons. The first-order chi connectivity index (χ1) is 4.20. The summed E-state index contributed by atoms with van der Waals surface area (Å²) in [6.45, 7) is 0. The number of carbonyl (C=O) groups is 1. The molecule has 0 aliphatic carbocycles. The molecule has 1 heterocycles. The lowest BCUT2D eigenvalue weighted by Gasteiger charge is -1.81. The molecule has 48 valence electrons. The van der Waals surface area contributed by atoms with Gasteiger partial charge in [-0.2, -0.15) is 0 Å². The first kappa shape index (κ1) is 6.64. The van der Waals surface area contributed by atoms with E-state index in [4.69, 9.17) is 5.73 Å². The number of nitrogens with two attached hydrogens (primary N) is 1. The van der Waals surface area contributed by atoms with E-state index in [1.807, 2.05) is 0 Å². The normalized spacial score (nSPS) is 9.44. The van der Waals surface area contributed by atoms with E-state index in [2.05, 4.69) is 12.6 Å². The number of rotatable bonds is 1. The first-order valence-electron chi connectivity index (χ1n) is 2.27. The molecule has 0 aliphatic rings. The van der Waals surface area contributed by atoms with Gasteiger partial charge in [-0.25, -0.2) is 0 Å². The molecule has 0 saturated carbocycles. The van der Waals surface area contributed by atoms with Crippen LogP contribution >= 0.6 is 24.0 Å². The van der Waals surface area contributed by atoms with Crippen molar-refractivity contribution >= 4 is 29.9 Å². The third-order valence-corrected chi connectivity index (χ3v) is 2.05. The standard InChI is InChI=1S/C5H5NOS2/c6-5(7)3-1-4(8)9-2-3/h1-2,8H,(H2,6,7). The summed E-state index contributed by atoms with van der Waals surface area (Å²) in [5.41, 5.74) is 5.49. The zero-order valence-corrected chi connectivity index (χ0v) is 6.21. The Kier molecular flexibility index (Phi) is 1.78. The molecule has 2 N–H and O–H groups in total. The third kappa shape index (κ3) is 1.46. The second-order valence-electron chi connectivity index (χ2n) is 1.54. The molecule has 0 spiro atoms. The number of amides is 1. The minimum Gasteiger partial charge on any atom is -0.366 e. The van der Waals surface area contributed by atoms with Gasteiger partial charge in [0.1, 0.15) is 0 Å². The van der Waals surface area contributed by atoms with Crippen LogP contribution in [0.5, 0.6) is 0 Å². The smallest absolute Gasteiger partial charge is 0.249 e. The largest absolute Gasteiger partial charge is 0.366 e. The number of hydrogen-bond donors (Lipinski definition) is 2. The number of thiol groups is 1. The highest BCUT2D eigenvalue weighted by Crippen LogP contribution is 2.17. The maximum absolute atomic E-state index is 10.4. The lowest BCUT2D eigenvalue weighted by atomic mass is 10.3. The Labute approximate surface area is 62.1 Å². The van der Waals surface area contributed by atoms with Crippen molar-refractivity contribution in [3.8, 4) is 0 Å². The van der Waals surface area contributed by atoms with Crippen molar-refractivity contribution < 1.29 is 4.79 Å². The van der Waals surface area contributed by atoms with Gasteiger partial charge >= 0.3 is 0 Å². The maximum Gasteiger partial charge on any atom is 0.249 e. The van der Waals surface area contributed by atoms with Crippen LogP contribution < -0.4 is 5.73 Å². The minimum atomic E-state index is -0.397. The van der Waals surface area contributed by atoms with Gasteiger partial charge in [-0.15, -0.1) is 24.0 Å². The van der Waals surface area contributed by atoms with Crippen LogP contribution in [0.3, 0.4) is 0 Å². The van der Waals surface area contributed by atoms with Gasteiger partial charge < -0.3 is 5.73 Å². The first-order valence-corrected chi connectivity index (χ1v) is 3.60.